The number of alkyl halides is 3. The minimum absolute atomic E-state index is 0.591. The van der Waals surface area contributed by atoms with Crippen molar-refractivity contribution in [2.24, 2.45) is 0 Å². The first kappa shape index (κ1) is 18.7. The number of benzene rings is 2. The van der Waals surface area contributed by atoms with Crippen LogP contribution < -0.4 is 4.90 Å². The average molecular weight is 389 g/mol. The fourth-order valence-electron chi connectivity index (χ4n) is 3.55. The van der Waals surface area contributed by atoms with Gasteiger partial charge in [0, 0.05) is 38.4 Å². The number of hydrogen-bond donors (Lipinski definition) is 0. The molecule has 2 aromatic carbocycles. The predicted octanol–water partition coefficient (Wildman–Crippen LogP) is 3.66. The van der Waals surface area contributed by atoms with Crippen LogP contribution in [0, 0.1) is 0 Å². The lowest BCUT2D eigenvalue weighted by Crippen LogP contribution is -2.46. The largest absolute Gasteiger partial charge is 0.416 e. The lowest BCUT2D eigenvalue weighted by Gasteiger charge is -2.36. The van der Waals surface area contributed by atoms with Gasteiger partial charge in [0.05, 0.1) is 12.1 Å². The fourth-order valence-corrected chi connectivity index (χ4v) is 3.55. The zero-order valence-corrected chi connectivity index (χ0v) is 15.4. The second-order valence-electron chi connectivity index (χ2n) is 7.01. The lowest BCUT2D eigenvalue weighted by molar-refractivity contribution is -0.137. The van der Waals surface area contributed by atoms with Crippen molar-refractivity contribution >= 4 is 16.7 Å². The topological polar surface area (TPSA) is 37.2 Å². The van der Waals surface area contributed by atoms with Crippen molar-refractivity contribution in [2.75, 3.05) is 37.6 Å². The van der Waals surface area contributed by atoms with Crippen molar-refractivity contribution in [1.29, 1.82) is 0 Å². The minimum atomic E-state index is -4.30. The summed E-state index contributed by atoms with van der Waals surface area (Å²) in [6.07, 6.45) is -3.37. The lowest BCUT2D eigenvalue weighted by atomic mass is 10.1. The van der Waals surface area contributed by atoms with Gasteiger partial charge in [0.2, 0.25) is 0 Å². The Morgan fingerprint density at radius 2 is 1.50 bits per heavy atom. The number of piperazine rings is 1. The smallest absolute Gasteiger partial charge is 0.369 e. The van der Waals surface area contributed by atoms with Crippen LogP contribution in [0.2, 0.25) is 0 Å². The summed E-state index contributed by atoms with van der Waals surface area (Å²) in [6, 6.07) is 13.4. The van der Waals surface area contributed by atoms with Crippen molar-refractivity contribution in [1.82, 2.24) is 19.9 Å². The van der Waals surface area contributed by atoms with Gasteiger partial charge in [-0.25, -0.2) is 0 Å². The van der Waals surface area contributed by atoms with Gasteiger partial charge < -0.3 is 4.90 Å². The molecule has 0 aliphatic carbocycles. The molecule has 1 aliphatic heterocycles. The fraction of sp³-hybridized carbons (Fsp3) is 0.400. The molecular weight excluding hydrogens is 367 g/mol. The molecule has 0 unspecified atom stereocenters. The zero-order valence-electron chi connectivity index (χ0n) is 15.4. The average Bonchev–Trinajstić information content (AvgIpc) is 3.11. The van der Waals surface area contributed by atoms with Crippen molar-refractivity contribution in [3.8, 4) is 0 Å². The molecule has 1 fully saturated rings. The maximum atomic E-state index is 12.9. The van der Waals surface area contributed by atoms with Gasteiger partial charge in [0.1, 0.15) is 11.0 Å². The Bertz CT molecular complexity index is 896. The SMILES string of the molecule is FC(F)(F)c1cccc(N2CCN(CCCn3nc4ccccc4n3)CC2)c1. The normalized spacial score (nSPS) is 16.0. The first-order valence-electron chi connectivity index (χ1n) is 9.43. The molecule has 0 bridgehead atoms. The number of fused-ring (bicyclic) bond motifs is 1. The molecule has 1 aromatic heterocycles. The van der Waals surface area contributed by atoms with E-state index in [4.69, 9.17) is 0 Å². The summed E-state index contributed by atoms with van der Waals surface area (Å²) in [5.74, 6) is 0. The first-order chi connectivity index (χ1) is 13.5. The third-order valence-corrected chi connectivity index (χ3v) is 5.07. The quantitative estimate of drug-likeness (QED) is 0.667. The van der Waals surface area contributed by atoms with Crippen LogP contribution in [0.5, 0.6) is 0 Å². The van der Waals surface area contributed by atoms with Gasteiger partial charge in [0.25, 0.3) is 0 Å². The van der Waals surface area contributed by atoms with E-state index in [1.54, 1.807) is 10.9 Å². The highest BCUT2D eigenvalue weighted by atomic mass is 19.4. The van der Waals surface area contributed by atoms with Crippen molar-refractivity contribution in [2.45, 2.75) is 19.1 Å². The van der Waals surface area contributed by atoms with E-state index in [1.165, 1.54) is 12.1 Å². The third kappa shape index (κ3) is 4.27. The van der Waals surface area contributed by atoms with E-state index < -0.39 is 11.7 Å². The summed E-state index contributed by atoms with van der Waals surface area (Å²) in [6.45, 7) is 4.81. The molecule has 8 heteroatoms. The highest BCUT2D eigenvalue weighted by Gasteiger charge is 2.31. The molecule has 0 radical (unpaired) electrons. The molecule has 0 atom stereocenters. The molecule has 0 spiro atoms. The molecule has 0 saturated carbocycles. The van der Waals surface area contributed by atoms with Crippen LogP contribution in [0.25, 0.3) is 11.0 Å². The van der Waals surface area contributed by atoms with E-state index in [0.29, 0.717) is 5.69 Å². The Morgan fingerprint density at radius 3 is 2.14 bits per heavy atom. The number of rotatable bonds is 5. The van der Waals surface area contributed by atoms with E-state index in [0.717, 1.165) is 62.8 Å². The van der Waals surface area contributed by atoms with Crippen molar-refractivity contribution < 1.29 is 13.2 Å². The van der Waals surface area contributed by atoms with Crippen LogP contribution in [0.4, 0.5) is 18.9 Å². The van der Waals surface area contributed by atoms with Crippen LogP contribution in [-0.4, -0.2) is 52.6 Å². The van der Waals surface area contributed by atoms with Crippen LogP contribution in [-0.2, 0) is 12.7 Å². The molecule has 28 heavy (non-hydrogen) atoms. The summed E-state index contributed by atoms with van der Waals surface area (Å²) in [4.78, 5) is 6.10. The Balaban J connectivity index is 1.26. The van der Waals surface area contributed by atoms with E-state index in [-0.39, 0.29) is 0 Å². The number of aryl methyl sites for hydroxylation is 1. The number of aromatic nitrogens is 3. The Labute approximate surface area is 161 Å². The summed E-state index contributed by atoms with van der Waals surface area (Å²) < 4.78 is 38.7. The molecule has 1 saturated heterocycles. The zero-order chi connectivity index (χ0) is 19.6. The van der Waals surface area contributed by atoms with Gasteiger partial charge in [-0.05, 0) is 36.8 Å². The molecule has 3 aromatic rings. The van der Waals surface area contributed by atoms with Gasteiger partial charge in [-0.15, -0.1) is 0 Å². The molecule has 0 N–H and O–H groups in total. The summed E-state index contributed by atoms with van der Waals surface area (Å²) in [5, 5.41) is 8.92. The predicted molar refractivity (Wildman–Crippen MR) is 102 cm³/mol. The van der Waals surface area contributed by atoms with Gasteiger partial charge in [0.15, 0.2) is 0 Å². The summed E-state index contributed by atoms with van der Waals surface area (Å²) in [5.41, 5.74) is 1.85. The molecule has 148 valence electrons. The minimum Gasteiger partial charge on any atom is -0.369 e. The maximum Gasteiger partial charge on any atom is 0.416 e. The second kappa shape index (κ2) is 7.79. The van der Waals surface area contributed by atoms with Gasteiger partial charge >= 0.3 is 6.18 Å². The van der Waals surface area contributed by atoms with E-state index in [2.05, 4.69) is 15.1 Å². The van der Waals surface area contributed by atoms with Gasteiger partial charge in [-0.3, -0.25) is 4.90 Å². The van der Waals surface area contributed by atoms with E-state index in [9.17, 15) is 13.2 Å². The van der Waals surface area contributed by atoms with Crippen LogP contribution in [0.1, 0.15) is 12.0 Å². The van der Waals surface area contributed by atoms with Crippen LogP contribution in [0.3, 0.4) is 0 Å². The van der Waals surface area contributed by atoms with Crippen LogP contribution >= 0.6 is 0 Å². The Morgan fingerprint density at radius 1 is 0.821 bits per heavy atom. The standard InChI is InChI=1S/C20H22F3N5/c21-20(22,23)16-5-3-6-17(15-16)27-13-11-26(12-14-27)9-4-10-28-24-18-7-1-2-8-19(18)25-28/h1-3,5-8,15H,4,9-14H2. The third-order valence-electron chi connectivity index (χ3n) is 5.07. The monoisotopic (exact) mass is 389 g/mol. The van der Waals surface area contributed by atoms with Gasteiger partial charge in [-0.2, -0.15) is 28.2 Å². The van der Waals surface area contributed by atoms with Gasteiger partial charge in [-0.1, -0.05) is 18.2 Å². The number of anilines is 1. The molecule has 0 amide bonds. The highest BCUT2D eigenvalue weighted by molar-refractivity contribution is 5.72. The Hall–Kier alpha value is -2.61. The van der Waals surface area contributed by atoms with Crippen LogP contribution in [0.15, 0.2) is 48.5 Å². The number of nitrogens with zero attached hydrogens (tertiary/aromatic N) is 5. The number of halogens is 3. The van der Waals surface area contributed by atoms with E-state index in [1.807, 2.05) is 29.2 Å². The second-order valence-corrected chi connectivity index (χ2v) is 7.01. The first-order valence-corrected chi connectivity index (χ1v) is 9.43. The molecule has 1 aliphatic rings. The highest BCUT2D eigenvalue weighted by Crippen LogP contribution is 2.31. The maximum absolute atomic E-state index is 12.9. The molecule has 4 rings (SSSR count). The van der Waals surface area contributed by atoms with E-state index >= 15 is 0 Å². The Kier molecular flexibility index (Phi) is 5.21. The number of hydrogen-bond acceptors (Lipinski definition) is 4. The van der Waals surface area contributed by atoms with Crippen molar-refractivity contribution in [3.63, 3.8) is 0 Å². The molecular formula is C20H22F3N5. The summed E-state index contributed by atoms with van der Waals surface area (Å²) in [7, 11) is 0. The molecule has 5 nitrogen and oxygen atoms in total. The summed E-state index contributed by atoms with van der Waals surface area (Å²) >= 11 is 0. The molecule has 2 heterocycles. The van der Waals surface area contributed by atoms with Crippen molar-refractivity contribution in [3.05, 3.63) is 54.1 Å².